The molecule has 0 aliphatic carbocycles. The van der Waals surface area contributed by atoms with Crippen molar-refractivity contribution < 1.29 is 9.63 Å². The Labute approximate surface area is 152 Å². The highest BCUT2D eigenvalue weighted by molar-refractivity contribution is 6.03. The van der Waals surface area contributed by atoms with Crippen LogP contribution in [0.1, 0.15) is 46.7 Å². The van der Waals surface area contributed by atoms with Crippen molar-refractivity contribution in [2.75, 3.05) is 0 Å². The summed E-state index contributed by atoms with van der Waals surface area (Å²) in [4.78, 5) is 27.4. The molecule has 6 nitrogen and oxygen atoms in total. The first kappa shape index (κ1) is 16.7. The van der Waals surface area contributed by atoms with Gasteiger partial charge in [-0.15, -0.1) is 0 Å². The Morgan fingerprint density at radius 3 is 2.88 bits per heavy atom. The summed E-state index contributed by atoms with van der Waals surface area (Å²) in [7, 11) is 0. The number of hydroxylamine groups is 1. The zero-order valence-corrected chi connectivity index (χ0v) is 14.9. The number of aromatic nitrogens is 3. The van der Waals surface area contributed by atoms with Crippen molar-refractivity contribution in [3.8, 4) is 0 Å². The van der Waals surface area contributed by atoms with Crippen molar-refractivity contribution in [2.45, 2.75) is 45.8 Å². The van der Waals surface area contributed by atoms with Crippen LogP contribution in [0.2, 0.25) is 0 Å². The van der Waals surface area contributed by atoms with Crippen LogP contribution in [-0.2, 0) is 24.4 Å². The van der Waals surface area contributed by atoms with Gasteiger partial charge in [-0.3, -0.25) is 9.63 Å². The Bertz CT molecular complexity index is 934. The molecule has 0 atom stereocenters. The van der Waals surface area contributed by atoms with E-state index in [4.69, 9.17) is 9.82 Å². The van der Waals surface area contributed by atoms with Crippen molar-refractivity contribution in [2.24, 2.45) is 0 Å². The maximum atomic E-state index is 12.7. The highest BCUT2D eigenvalue weighted by atomic mass is 16.6. The van der Waals surface area contributed by atoms with Crippen LogP contribution in [0.5, 0.6) is 0 Å². The number of hydrogen-bond donors (Lipinski definition) is 1. The molecule has 0 saturated carbocycles. The van der Waals surface area contributed by atoms with Gasteiger partial charge in [-0.25, -0.2) is 15.4 Å². The molecule has 1 aromatic carbocycles. The topological polar surface area (TPSA) is 69.0 Å². The van der Waals surface area contributed by atoms with E-state index in [-0.39, 0.29) is 5.91 Å². The van der Waals surface area contributed by atoms with Crippen LogP contribution in [0.3, 0.4) is 0 Å². The summed E-state index contributed by atoms with van der Waals surface area (Å²) in [6.45, 7) is 3.13. The first-order chi connectivity index (χ1) is 12.7. The molecule has 0 unspecified atom stereocenters. The van der Waals surface area contributed by atoms with Gasteiger partial charge in [0.05, 0.1) is 12.2 Å². The van der Waals surface area contributed by atoms with Crippen LogP contribution < -0.4 is 5.48 Å². The molecular formula is C20H22N4O2. The molecule has 0 spiro atoms. The molecule has 1 aliphatic heterocycles. The zero-order chi connectivity index (χ0) is 17.9. The fraction of sp³-hybridized carbons (Fsp3) is 0.350. The predicted molar refractivity (Wildman–Crippen MR) is 98.5 cm³/mol. The summed E-state index contributed by atoms with van der Waals surface area (Å²) in [5.41, 5.74) is 6.32. The number of carbonyl (C=O) groups is 1. The average Bonchev–Trinajstić information content (AvgIpc) is 2.83. The van der Waals surface area contributed by atoms with Crippen LogP contribution in [0.4, 0.5) is 0 Å². The largest absolute Gasteiger partial charge is 0.313 e. The highest BCUT2D eigenvalue weighted by Crippen LogP contribution is 2.24. The van der Waals surface area contributed by atoms with Gasteiger partial charge < -0.3 is 4.57 Å². The summed E-state index contributed by atoms with van der Waals surface area (Å²) >= 11 is 0. The average molecular weight is 350 g/mol. The van der Waals surface area contributed by atoms with Gasteiger partial charge in [0.1, 0.15) is 11.3 Å². The zero-order valence-electron chi connectivity index (χ0n) is 14.9. The monoisotopic (exact) mass is 350 g/mol. The van der Waals surface area contributed by atoms with Gasteiger partial charge in [-0.1, -0.05) is 36.8 Å². The lowest BCUT2D eigenvalue weighted by Crippen LogP contribution is -2.24. The molecule has 1 aliphatic rings. The van der Waals surface area contributed by atoms with Gasteiger partial charge in [0.2, 0.25) is 0 Å². The lowest BCUT2D eigenvalue weighted by atomic mass is 10.2. The van der Waals surface area contributed by atoms with Crippen molar-refractivity contribution in [3.05, 3.63) is 59.0 Å². The van der Waals surface area contributed by atoms with Gasteiger partial charge in [-0.2, -0.15) is 0 Å². The smallest absolute Gasteiger partial charge is 0.277 e. The number of aryl methyl sites for hydroxylation is 3. The molecule has 0 fully saturated rings. The molecule has 2 aromatic heterocycles. The van der Waals surface area contributed by atoms with Crippen molar-refractivity contribution >= 4 is 17.1 Å². The van der Waals surface area contributed by atoms with Crippen molar-refractivity contribution in [1.82, 2.24) is 20.0 Å². The third-order valence-electron chi connectivity index (χ3n) is 4.68. The maximum Gasteiger partial charge on any atom is 0.277 e. The number of hydrogen-bond acceptors (Lipinski definition) is 4. The minimum Gasteiger partial charge on any atom is -0.313 e. The molecule has 134 valence electrons. The Morgan fingerprint density at radius 1 is 1.19 bits per heavy atom. The van der Waals surface area contributed by atoms with E-state index < -0.39 is 0 Å². The van der Waals surface area contributed by atoms with Crippen molar-refractivity contribution in [3.63, 3.8) is 0 Å². The third-order valence-corrected chi connectivity index (χ3v) is 4.68. The summed E-state index contributed by atoms with van der Waals surface area (Å²) in [6.07, 6.45) is 4.39. The van der Waals surface area contributed by atoms with Gasteiger partial charge in [-0.05, 0) is 31.4 Å². The number of fused-ring (bicyclic) bond motifs is 3. The van der Waals surface area contributed by atoms with E-state index in [0.717, 1.165) is 48.5 Å². The number of pyridine rings is 1. The van der Waals surface area contributed by atoms with E-state index in [1.165, 1.54) is 6.42 Å². The normalized spacial score (nSPS) is 14.0. The Morgan fingerprint density at radius 2 is 2.04 bits per heavy atom. The van der Waals surface area contributed by atoms with Gasteiger partial charge in [0, 0.05) is 18.7 Å². The fourth-order valence-corrected chi connectivity index (χ4v) is 3.40. The maximum absolute atomic E-state index is 12.7. The number of amides is 1. The SMILES string of the molecule is Cc1cc(C(=O)NOCc2ccccc2)c2nc3n(c2n1)CCCCC3. The second kappa shape index (κ2) is 7.25. The first-order valence-corrected chi connectivity index (χ1v) is 9.05. The van der Waals surface area contributed by atoms with E-state index in [1.54, 1.807) is 6.07 Å². The van der Waals surface area contributed by atoms with Crippen LogP contribution in [0.15, 0.2) is 36.4 Å². The predicted octanol–water partition coefficient (Wildman–Crippen LogP) is 3.33. The van der Waals surface area contributed by atoms with E-state index in [9.17, 15) is 4.79 Å². The summed E-state index contributed by atoms with van der Waals surface area (Å²) in [5, 5.41) is 0. The standard InChI is InChI=1S/C20H22N4O2/c1-14-12-16(20(25)23-26-13-15-8-4-2-5-9-15)18-19(21-14)24-11-7-3-6-10-17(24)22-18/h2,4-5,8-9,12H,3,6-7,10-11,13H2,1H3,(H,23,25). The third kappa shape index (κ3) is 3.32. The molecule has 26 heavy (non-hydrogen) atoms. The minimum atomic E-state index is -0.287. The van der Waals surface area contributed by atoms with Crippen LogP contribution in [0.25, 0.3) is 11.2 Å². The number of nitrogens with one attached hydrogen (secondary N) is 1. The highest BCUT2D eigenvalue weighted by Gasteiger charge is 2.20. The Balaban J connectivity index is 1.58. The van der Waals surface area contributed by atoms with E-state index in [2.05, 4.69) is 15.0 Å². The Kier molecular flexibility index (Phi) is 4.67. The fourth-order valence-electron chi connectivity index (χ4n) is 3.40. The van der Waals surface area contributed by atoms with Crippen LogP contribution in [-0.4, -0.2) is 20.4 Å². The van der Waals surface area contributed by atoms with E-state index in [0.29, 0.717) is 17.7 Å². The molecule has 1 amide bonds. The summed E-state index contributed by atoms with van der Waals surface area (Å²) in [5.74, 6) is 0.736. The first-order valence-electron chi connectivity index (χ1n) is 9.05. The van der Waals surface area contributed by atoms with Gasteiger partial charge in [0.15, 0.2) is 5.65 Å². The molecular weight excluding hydrogens is 328 g/mol. The van der Waals surface area contributed by atoms with Crippen LogP contribution >= 0.6 is 0 Å². The number of benzene rings is 1. The molecule has 1 N–H and O–H groups in total. The number of carbonyl (C=O) groups excluding carboxylic acids is 1. The lowest BCUT2D eigenvalue weighted by molar-refractivity contribution is 0.0234. The van der Waals surface area contributed by atoms with E-state index in [1.807, 2.05) is 37.3 Å². The molecule has 4 rings (SSSR count). The summed E-state index contributed by atoms with van der Waals surface area (Å²) in [6, 6.07) is 11.5. The lowest BCUT2D eigenvalue weighted by Gasteiger charge is -2.08. The molecule has 3 aromatic rings. The second-order valence-electron chi connectivity index (χ2n) is 6.68. The molecule has 0 bridgehead atoms. The quantitative estimate of drug-likeness (QED) is 0.733. The number of imidazole rings is 1. The van der Waals surface area contributed by atoms with Crippen LogP contribution in [0, 0.1) is 6.92 Å². The van der Waals surface area contributed by atoms with Crippen molar-refractivity contribution in [1.29, 1.82) is 0 Å². The molecule has 6 heteroatoms. The summed E-state index contributed by atoms with van der Waals surface area (Å²) < 4.78 is 2.16. The second-order valence-corrected chi connectivity index (χ2v) is 6.68. The number of rotatable bonds is 4. The molecule has 3 heterocycles. The molecule has 0 saturated heterocycles. The molecule has 0 radical (unpaired) electrons. The van der Waals surface area contributed by atoms with Gasteiger partial charge in [0.25, 0.3) is 5.91 Å². The van der Waals surface area contributed by atoms with Gasteiger partial charge >= 0.3 is 0 Å². The Hall–Kier alpha value is -2.73. The number of nitrogens with zero attached hydrogens (tertiary/aromatic N) is 3. The minimum absolute atomic E-state index is 0.287. The van der Waals surface area contributed by atoms with E-state index >= 15 is 0 Å².